The van der Waals surface area contributed by atoms with Gasteiger partial charge in [0.1, 0.15) is 11.5 Å². The molecule has 0 spiro atoms. The maximum Gasteiger partial charge on any atom is 0.584 e. The largest absolute Gasteiger partial charge is 0.584 e. The van der Waals surface area contributed by atoms with E-state index < -0.39 is 13.7 Å². The van der Waals surface area contributed by atoms with E-state index in [-0.39, 0.29) is 34.8 Å². The van der Waals surface area contributed by atoms with E-state index in [1.54, 1.807) is 42.5 Å². The van der Waals surface area contributed by atoms with Crippen molar-refractivity contribution in [1.29, 1.82) is 0 Å². The minimum Gasteiger partial charge on any atom is -0.395 e. The van der Waals surface area contributed by atoms with E-state index in [0.29, 0.717) is 5.56 Å². The van der Waals surface area contributed by atoms with E-state index in [1.165, 1.54) is 18.2 Å². The maximum atomic E-state index is 12.8. The number of phosphoric ester groups is 1. The Balaban J connectivity index is 1.88. The first-order chi connectivity index (χ1) is 14.6. The molecule has 8 heteroatoms. The van der Waals surface area contributed by atoms with Gasteiger partial charge in [-0.2, -0.15) is 0 Å². The number of primary amides is 1. The molecule has 0 aliphatic heterocycles. The van der Waals surface area contributed by atoms with Crippen LogP contribution in [0.15, 0.2) is 66.7 Å². The molecule has 1 amide bonds. The lowest BCUT2D eigenvalue weighted by atomic mass is 9.96. The highest BCUT2D eigenvalue weighted by Gasteiger charge is 2.26. The predicted octanol–water partition coefficient (Wildman–Crippen LogP) is 4.12. The van der Waals surface area contributed by atoms with E-state index in [0.717, 1.165) is 11.1 Å². The molecule has 3 aromatic carbocycles. The number of benzene rings is 3. The summed E-state index contributed by atoms with van der Waals surface area (Å²) in [6.45, 7) is 3.67. The van der Waals surface area contributed by atoms with Gasteiger partial charge in [0.05, 0.1) is 6.42 Å². The maximum absolute atomic E-state index is 12.8. The predicted molar refractivity (Wildman–Crippen MR) is 116 cm³/mol. The molecular weight excluding hydrogens is 417 g/mol. The molecule has 0 radical (unpaired) electrons. The SMILES string of the molecule is Cc1cc(C)cc(OP(=O)(O)Oc2ccc(C(=O)c3ccccc3)c(CC(N)=O)c2)c1. The Morgan fingerprint density at radius 2 is 1.52 bits per heavy atom. The van der Waals surface area contributed by atoms with Crippen molar-refractivity contribution in [2.45, 2.75) is 20.3 Å². The summed E-state index contributed by atoms with van der Waals surface area (Å²) < 4.78 is 22.8. The highest BCUT2D eigenvalue weighted by molar-refractivity contribution is 7.48. The fourth-order valence-electron chi connectivity index (χ4n) is 3.20. The molecule has 3 rings (SSSR count). The number of hydrogen-bond donors (Lipinski definition) is 2. The van der Waals surface area contributed by atoms with Crippen LogP contribution in [0.4, 0.5) is 0 Å². The summed E-state index contributed by atoms with van der Waals surface area (Å²) in [5, 5.41) is 0. The van der Waals surface area contributed by atoms with E-state index in [1.807, 2.05) is 19.9 Å². The van der Waals surface area contributed by atoms with Gasteiger partial charge in [0.15, 0.2) is 5.78 Å². The first-order valence-electron chi connectivity index (χ1n) is 9.44. The number of nitrogens with two attached hydrogens (primary N) is 1. The minimum absolute atomic E-state index is 0.0314. The van der Waals surface area contributed by atoms with Gasteiger partial charge in [0.25, 0.3) is 0 Å². The topological polar surface area (TPSA) is 116 Å². The average Bonchev–Trinajstić information content (AvgIpc) is 2.66. The summed E-state index contributed by atoms with van der Waals surface area (Å²) in [6.07, 6.45) is -0.237. The molecule has 0 saturated heterocycles. The van der Waals surface area contributed by atoms with Gasteiger partial charge < -0.3 is 14.8 Å². The molecule has 0 aliphatic carbocycles. The van der Waals surface area contributed by atoms with Crippen molar-refractivity contribution in [2.24, 2.45) is 5.73 Å². The standard InChI is InChI=1S/C23H22NO6P/c1-15-10-16(2)12-20(11-15)30-31(27,28)29-19-8-9-21(18(13-19)14-22(24)25)23(26)17-6-4-3-5-7-17/h3-13H,14H2,1-2H3,(H2,24,25)(H,27,28). The molecule has 7 nitrogen and oxygen atoms in total. The summed E-state index contributed by atoms with van der Waals surface area (Å²) >= 11 is 0. The summed E-state index contributed by atoms with van der Waals surface area (Å²) in [6, 6.07) is 17.8. The minimum atomic E-state index is -4.53. The van der Waals surface area contributed by atoms with Crippen molar-refractivity contribution in [2.75, 3.05) is 0 Å². The van der Waals surface area contributed by atoms with Crippen molar-refractivity contribution in [3.8, 4) is 11.5 Å². The second-order valence-corrected chi connectivity index (χ2v) is 8.43. The Labute approximate surface area is 180 Å². The van der Waals surface area contributed by atoms with E-state index in [2.05, 4.69) is 0 Å². The molecule has 0 fully saturated rings. The molecule has 160 valence electrons. The zero-order valence-electron chi connectivity index (χ0n) is 17.1. The van der Waals surface area contributed by atoms with Crippen molar-refractivity contribution >= 4 is 19.5 Å². The first kappa shape index (κ1) is 22.3. The molecule has 0 bridgehead atoms. The second-order valence-electron chi connectivity index (χ2n) is 7.13. The Morgan fingerprint density at radius 1 is 0.903 bits per heavy atom. The lowest BCUT2D eigenvalue weighted by Gasteiger charge is -2.16. The van der Waals surface area contributed by atoms with Crippen LogP contribution in [0.5, 0.6) is 11.5 Å². The van der Waals surface area contributed by atoms with Crippen molar-refractivity contribution in [3.05, 3.63) is 94.5 Å². The summed E-state index contributed by atoms with van der Waals surface area (Å²) in [5.41, 5.74) is 8.02. The monoisotopic (exact) mass is 439 g/mol. The number of carbonyl (C=O) groups excluding carboxylic acids is 2. The number of amides is 1. The van der Waals surface area contributed by atoms with Gasteiger partial charge in [-0.3, -0.25) is 14.5 Å². The van der Waals surface area contributed by atoms with Crippen LogP contribution < -0.4 is 14.8 Å². The lowest BCUT2D eigenvalue weighted by Crippen LogP contribution is -2.16. The van der Waals surface area contributed by atoms with Crippen LogP contribution in [0, 0.1) is 13.8 Å². The fraction of sp³-hybridized carbons (Fsp3) is 0.130. The van der Waals surface area contributed by atoms with E-state index in [9.17, 15) is 19.0 Å². The number of rotatable bonds is 8. The molecular formula is C23H22NO6P. The molecule has 3 N–H and O–H groups in total. The normalized spacial score (nSPS) is 12.6. The Morgan fingerprint density at radius 3 is 2.13 bits per heavy atom. The number of ketones is 1. The first-order valence-corrected chi connectivity index (χ1v) is 10.9. The van der Waals surface area contributed by atoms with Crippen LogP contribution in [0.1, 0.15) is 32.6 Å². The number of hydrogen-bond acceptors (Lipinski definition) is 5. The highest BCUT2D eigenvalue weighted by Crippen LogP contribution is 2.45. The lowest BCUT2D eigenvalue weighted by molar-refractivity contribution is -0.117. The van der Waals surface area contributed by atoms with E-state index >= 15 is 0 Å². The Bertz CT molecular complexity index is 1160. The third-order valence-electron chi connectivity index (χ3n) is 4.36. The van der Waals surface area contributed by atoms with Crippen LogP contribution in [0.3, 0.4) is 0 Å². The average molecular weight is 439 g/mol. The third kappa shape index (κ3) is 6.04. The molecule has 1 atom stereocenters. The smallest absolute Gasteiger partial charge is 0.395 e. The molecule has 1 unspecified atom stereocenters. The molecule has 31 heavy (non-hydrogen) atoms. The molecule has 0 saturated carbocycles. The highest BCUT2D eigenvalue weighted by atomic mass is 31.2. The Hall–Kier alpha value is -3.41. The van der Waals surface area contributed by atoms with Gasteiger partial charge in [0.2, 0.25) is 5.91 Å². The second kappa shape index (κ2) is 9.16. The van der Waals surface area contributed by atoms with Gasteiger partial charge in [-0.05, 0) is 60.9 Å². The van der Waals surface area contributed by atoms with Crippen molar-refractivity contribution in [3.63, 3.8) is 0 Å². The van der Waals surface area contributed by atoms with E-state index in [4.69, 9.17) is 14.8 Å². The molecule has 0 heterocycles. The summed E-state index contributed by atoms with van der Waals surface area (Å²) in [4.78, 5) is 34.5. The number of carbonyl (C=O) groups is 2. The quantitative estimate of drug-likeness (QED) is 0.403. The molecule has 3 aromatic rings. The Kier molecular flexibility index (Phi) is 6.59. The zero-order valence-corrected chi connectivity index (χ0v) is 18.0. The van der Waals surface area contributed by atoms with Gasteiger partial charge in [-0.1, -0.05) is 36.4 Å². The van der Waals surface area contributed by atoms with Crippen LogP contribution in [0.25, 0.3) is 0 Å². The number of phosphoric acid groups is 1. The third-order valence-corrected chi connectivity index (χ3v) is 5.24. The van der Waals surface area contributed by atoms with Crippen molar-refractivity contribution < 1.29 is 28.1 Å². The molecule has 0 aromatic heterocycles. The van der Waals surface area contributed by atoms with Crippen LogP contribution >= 0.6 is 7.82 Å². The fourth-order valence-corrected chi connectivity index (χ4v) is 3.99. The van der Waals surface area contributed by atoms with Gasteiger partial charge >= 0.3 is 7.82 Å². The van der Waals surface area contributed by atoms with Gasteiger partial charge in [-0.25, -0.2) is 4.57 Å². The van der Waals surface area contributed by atoms with Crippen LogP contribution in [-0.2, 0) is 15.8 Å². The van der Waals surface area contributed by atoms with Crippen LogP contribution in [0.2, 0.25) is 0 Å². The molecule has 0 aliphatic rings. The zero-order chi connectivity index (χ0) is 22.6. The summed E-state index contributed by atoms with van der Waals surface area (Å²) in [7, 11) is -4.53. The van der Waals surface area contributed by atoms with Crippen molar-refractivity contribution in [1.82, 2.24) is 0 Å². The van der Waals surface area contributed by atoms with Gasteiger partial charge in [0, 0.05) is 11.1 Å². The number of aryl methyl sites for hydroxylation is 2. The van der Waals surface area contributed by atoms with Gasteiger partial charge in [-0.15, -0.1) is 0 Å². The van der Waals surface area contributed by atoms with Crippen LogP contribution in [-0.4, -0.2) is 16.6 Å². The summed E-state index contributed by atoms with van der Waals surface area (Å²) in [5.74, 6) is -0.798.